The maximum atomic E-state index is 12.8. The van der Waals surface area contributed by atoms with Gasteiger partial charge in [-0.25, -0.2) is 4.98 Å². The summed E-state index contributed by atoms with van der Waals surface area (Å²) in [4.78, 5) is 19.7. The highest BCUT2D eigenvalue weighted by molar-refractivity contribution is 5.99. The molecule has 0 radical (unpaired) electrons. The van der Waals surface area contributed by atoms with Gasteiger partial charge in [0, 0.05) is 36.8 Å². The minimum Gasteiger partial charge on any atom is -0.370 e. The molecule has 5 heteroatoms. The number of aromatic nitrogens is 1. The molecule has 134 valence electrons. The molecule has 5 nitrogen and oxygen atoms in total. The van der Waals surface area contributed by atoms with Gasteiger partial charge >= 0.3 is 0 Å². The van der Waals surface area contributed by atoms with Crippen LogP contribution in [0.2, 0.25) is 0 Å². The Morgan fingerprint density at radius 1 is 1.08 bits per heavy atom. The Morgan fingerprint density at radius 3 is 2.92 bits per heavy atom. The molecule has 4 heterocycles. The highest BCUT2D eigenvalue weighted by Crippen LogP contribution is 2.31. The van der Waals surface area contributed by atoms with E-state index in [1.165, 1.54) is 12.0 Å². The number of rotatable bonds is 2. The normalized spacial score (nSPS) is 21.9. The lowest BCUT2D eigenvalue weighted by Gasteiger charge is -2.31. The van der Waals surface area contributed by atoms with Crippen LogP contribution in [0.3, 0.4) is 0 Å². The van der Waals surface area contributed by atoms with Crippen molar-refractivity contribution in [3.05, 3.63) is 47.0 Å². The Balaban J connectivity index is 1.43. The molecular formula is C21H24N4O. The van der Waals surface area contributed by atoms with Crippen molar-refractivity contribution in [2.75, 3.05) is 25.0 Å². The molecule has 1 fully saturated rings. The zero-order chi connectivity index (χ0) is 17.5. The fraction of sp³-hybridized carbons (Fsp3) is 0.429. The van der Waals surface area contributed by atoms with Crippen LogP contribution >= 0.6 is 0 Å². The van der Waals surface area contributed by atoms with Gasteiger partial charge in [-0.05, 0) is 61.6 Å². The van der Waals surface area contributed by atoms with Crippen molar-refractivity contribution in [3.8, 4) is 11.3 Å². The molecule has 3 aliphatic heterocycles. The van der Waals surface area contributed by atoms with Gasteiger partial charge in [0.25, 0.3) is 5.91 Å². The van der Waals surface area contributed by atoms with Crippen molar-refractivity contribution < 1.29 is 4.79 Å². The van der Waals surface area contributed by atoms with Gasteiger partial charge in [-0.3, -0.25) is 4.79 Å². The van der Waals surface area contributed by atoms with Crippen molar-refractivity contribution in [1.29, 1.82) is 0 Å². The molecule has 5 rings (SSSR count). The molecule has 3 aliphatic rings. The number of hydrogen-bond donors (Lipinski definition) is 2. The number of nitrogens with zero attached hydrogens (tertiary/aromatic N) is 2. The summed E-state index contributed by atoms with van der Waals surface area (Å²) in [6, 6.07) is 10.8. The first-order chi connectivity index (χ1) is 12.8. The number of benzene rings is 1. The molecule has 0 bridgehead atoms. The zero-order valence-corrected chi connectivity index (χ0v) is 14.9. The maximum absolute atomic E-state index is 12.8. The van der Waals surface area contributed by atoms with Crippen molar-refractivity contribution in [2.24, 2.45) is 0 Å². The Kier molecular flexibility index (Phi) is 3.89. The molecule has 0 spiro atoms. The molecule has 2 aromatic rings. The number of fused-ring (bicyclic) bond motifs is 2. The predicted octanol–water partition coefficient (Wildman–Crippen LogP) is 2.81. The van der Waals surface area contributed by atoms with E-state index in [-0.39, 0.29) is 5.91 Å². The number of carbonyl (C=O) groups excluding carboxylic acids is 1. The minimum atomic E-state index is 0.181. The average molecular weight is 348 g/mol. The Morgan fingerprint density at radius 2 is 2.04 bits per heavy atom. The number of aryl methyl sites for hydroxylation is 1. The van der Waals surface area contributed by atoms with E-state index >= 15 is 0 Å². The molecular weight excluding hydrogens is 324 g/mol. The second kappa shape index (κ2) is 6.40. The third kappa shape index (κ3) is 2.67. The average Bonchev–Trinajstić information content (AvgIpc) is 3.04. The third-order valence-electron chi connectivity index (χ3n) is 5.84. The summed E-state index contributed by atoms with van der Waals surface area (Å²) in [7, 11) is 0. The lowest BCUT2D eigenvalue weighted by molar-refractivity contribution is 0.0674. The SMILES string of the molecule is O=C1c2ccc(-c3ccc4c(n3)NCCC4)cc2CN1C1CCCNC1. The number of pyridine rings is 1. The first kappa shape index (κ1) is 15.8. The quantitative estimate of drug-likeness (QED) is 0.876. The fourth-order valence-corrected chi connectivity index (χ4v) is 4.39. The summed E-state index contributed by atoms with van der Waals surface area (Å²) in [5.41, 5.74) is 5.36. The van der Waals surface area contributed by atoms with Gasteiger partial charge in [0.05, 0.1) is 5.69 Å². The van der Waals surface area contributed by atoms with Crippen molar-refractivity contribution in [2.45, 2.75) is 38.3 Å². The number of nitrogens with one attached hydrogen (secondary N) is 2. The predicted molar refractivity (Wildman–Crippen MR) is 102 cm³/mol. The monoisotopic (exact) mass is 348 g/mol. The van der Waals surface area contributed by atoms with Gasteiger partial charge in [-0.1, -0.05) is 12.1 Å². The second-order valence-corrected chi connectivity index (χ2v) is 7.54. The summed E-state index contributed by atoms with van der Waals surface area (Å²) in [5, 5.41) is 6.82. The zero-order valence-electron chi connectivity index (χ0n) is 14.9. The number of hydrogen-bond acceptors (Lipinski definition) is 4. The largest absolute Gasteiger partial charge is 0.370 e. The first-order valence-electron chi connectivity index (χ1n) is 9.68. The number of amides is 1. The van der Waals surface area contributed by atoms with E-state index in [2.05, 4.69) is 28.8 Å². The van der Waals surface area contributed by atoms with Crippen molar-refractivity contribution >= 4 is 11.7 Å². The van der Waals surface area contributed by atoms with Gasteiger partial charge in [0.2, 0.25) is 0 Å². The van der Waals surface area contributed by atoms with Crippen LogP contribution in [-0.4, -0.2) is 41.5 Å². The molecule has 1 amide bonds. The maximum Gasteiger partial charge on any atom is 0.254 e. The molecule has 2 N–H and O–H groups in total. The smallest absolute Gasteiger partial charge is 0.254 e. The highest BCUT2D eigenvalue weighted by atomic mass is 16.2. The van der Waals surface area contributed by atoms with Crippen LogP contribution in [0.15, 0.2) is 30.3 Å². The highest BCUT2D eigenvalue weighted by Gasteiger charge is 2.33. The summed E-state index contributed by atoms with van der Waals surface area (Å²) < 4.78 is 0. The van der Waals surface area contributed by atoms with E-state index < -0.39 is 0 Å². The van der Waals surface area contributed by atoms with E-state index in [1.807, 2.05) is 17.0 Å². The molecule has 0 saturated carbocycles. The van der Waals surface area contributed by atoms with E-state index in [0.29, 0.717) is 6.04 Å². The van der Waals surface area contributed by atoms with Crippen LogP contribution in [-0.2, 0) is 13.0 Å². The van der Waals surface area contributed by atoms with Gasteiger partial charge in [-0.2, -0.15) is 0 Å². The number of anilines is 1. The van der Waals surface area contributed by atoms with Crippen LogP contribution in [0, 0.1) is 0 Å². The summed E-state index contributed by atoms with van der Waals surface area (Å²) in [6.07, 6.45) is 4.50. The van der Waals surface area contributed by atoms with Gasteiger partial charge in [-0.15, -0.1) is 0 Å². The summed E-state index contributed by atoms with van der Waals surface area (Å²) in [6.45, 7) is 3.68. The lowest BCUT2D eigenvalue weighted by Crippen LogP contribution is -2.46. The standard InChI is InChI=1S/C21H24N4O/c26-21-18-7-5-15(19-8-6-14-3-1-10-23-20(14)24-19)11-16(18)13-25(21)17-4-2-9-22-12-17/h5-8,11,17,22H,1-4,9-10,12-13H2,(H,23,24). The van der Waals surface area contributed by atoms with Crippen LogP contribution in [0.5, 0.6) is 0 Å². The minimum absolute atomic E-state index is 0.181. The molecule has 1 aromatic heterocycles. The molecule has 0 aliphatic carbocycles. The molecule has 1 aromatic carbocycles. The van der Waals surface area contributed by atoms with Crippen LogP contribution in [0.4, 0.5) is 5.82 Å². The summed E-state index contributed by atoms with van der Waals surface area (Å²) >= 11 is 0. The Hall–Kier alpha value is -2.40. The number of piperidine rings is 1. The van der Waals surface area contributed by atoms with E-state index in [0.717, 1.165) is 73.6 Å². The lowest BCUT2D eigenvalue weighted by atomic mass is 10.0. The fourth-order valence-electron chi connectivity index (χ4n) is 4.39. The molecule has 1 unspecified atom stereocenters. The van der Waals surface area contributed by atoms with Crippen LogP contribution in [0.25, 0.3) is 11.3 Å². The number of carbonyl (C=O) groups is 1. The third-order valence-corrected chi connectivity index (χ3v) is 5.84. The van der Waals surface area contributed by atoms with E-state index in [9.17, 15) is 4.79 Å². The molecule has 1 saturated heterocycles. The van der Waals surface area contributed by atoms with E-state index in [4.69, 9.17) is 4.98 Å². The van der Waals surface area contributed by atoms with Gasteiger partial charge in [0.1, 0.15) is 5.82 Å². The van der Waals surface area contributed by atoms with Crippen LogP contribution in [0.1, 0.15) is 40.7 Å². The molecule has 26 heavy (non-hydrogen) atoms. The van der Waals surface area contributed by atoms with Gasteiger partial charge in [0.15, 0.2) is 0 Å². The Labute approximate surface area is 153 Å². The van der Waals surface area contributed by atoms with Gasteiger partial charge < -0.3 is 15.5 Å². The van der Waals surface area contributed by atoms with Crippen LogP contribution < -0.4 is 10.6 Å². The Bertz CT molecular complexity index is 857. The summed E-state index contributed by atoms with van der Waals surface area (Å²) in [5.74, 6) is 1.19. The van der Waals surface area contributed by atoms with Crippen molar-refractivity contribution in [1.82, 2.24) is 15.2 Å². The van der Waals surface area contributed by atoms with E-state index in [1.54, 1.807) is 0 Å². The topological polar surface area (TPSA) is 57.3 Å². The first-order valence-corrected chi connectivity index (χ1v) is 9.68. The van der Waals surface area contributed by atoms with Crippen molar-refractivity contribution in [3.63, 3.8) is 0 Å². The second-order valence-electron chi connectivity index (χ2n) is 7.54. The molecule has 1 atom stereocenters.